The standard InChI is InChI=1S/C24H22FN3O4S/c25-19-8-6-17(7-9-19)24(30)27-13-16-12-18(15-27)23-21(10-11-22(29)28(23)14-16)26-33(31,32)20-4-2-1-3-5-20/h1-11,16,18,26H,12-15H2/t16-,18-/m0/s1. The molecule has 33 heavy (non-hydrogen) atoms. The summed E-state index contributed by atoms with van der Waals surface area (Å²) in [6.07, 6.45) is 0.747. The van der Waals surface area contributed by atoms with Crippen LogP contribution in [0.15, 0.2) is 76.4 Å². The molecule has 2 aliphatic rings. The number of pyridine rings is 1. The molecule has 0 aliphatic carbocycles. The predicted octanol–water partition coefficient (Wildman–Crippen LogP) is 3.05. The number of carbonyl (C=O) groups is 1. The maximum atomic E-state index is 13.3. The van der Waals surface area contributed by atoms with Crippen LogP contribution >= 0.6 is 0 Å². The zero-order chi connectivity index (χ0) is 23.2. The average Bonchev–Trinajstić information content (AvgIpc) is 2.81. The summed E-state index contributed by atoms with van der Waals surface area (Å²) in [5, 5.41) is 0. The van der Waals surface area contributed by atoms with Gasteiger partial charge in [0, 0.05) is 37.2 Å². The smallest absolute Gasteiger partial charge is 0.261 e. The van der Waals surface area contributed by atoms with Crippen LogP contribution in [0.1, 0.15) is 28.4 Å². The summed E-state index contributed by atoms with van der Waals surface area (Å²) >= 11 is 0. The van der Waals surface area contributed by atoms with Crippen molar-refractivity contribution in [2.75, 3.05) is 17.8 Å². The number of rotatable bonds is 4. The molecule has 0 radical (unpaired) electrons. The molecule has 3 aromatic rings. The van der Waals surface area contributed by atoms with Gasteiger partial charge in [0.15, 0.2) is 0 Å². The number of aromatic nitrogens is 1. The van der Waals surface area contributed by atoms with Crippen molar-refractivity contribution in [1.82, 2.24) is 9.47 Å². The van der Waals surface area contributed by atoms with Gasteiger partial charge in [-0.1, -0.05) is 18.2 Å². The van der Waals surface area contributed by atoms with Gasteiger partial charge in [-0.05, 0) is 54.8 Å². The van der Waals surface area contributed by atoms with Gasteiger partial charge in [0.2, 0.25) is 0 Å². The number of hydrogen-bond donors (Lipinski definition) is 1. The van der Waals surface area contributed by atoms with Gasteiger partial charge >= 0.3 is 0 Å². The third kappa shape index (κ3) is 4.04. The number of hydrogen-bond acceptors (Lipinski definition) is 4. The molecule has 3 heterocycles. The summed E-state index contributed by atoms with van der Waals surface area (Å²) in [5.74, 6) is -0.753. The van der Waals surface area contributed by atoms with Crippen LogP contribution in [0.5, 0.6) is 0 Å². The summed E-state index contributed by atoms with van der Waals surface area (Å²) in [6, 6.07) is 16.3. The molecule has 2 atom stereocenters. The van der Waals surface area contributed by atoms with Gasteiger partial charge in [0.1, 0.15) is 5.82 Å². The highest BCUT2D eigenvalue weighted by Gasteiger charge is 2.38. The number of nitrogens with zero attached hydrogens (tertiary/aromatic N) is 2. The number of sulfonamides is 1. The van der Waals surface area contributed by atoms with E-state index in [2.05, 4.69) is 4.72 Å². The van der Waals surface area contributed by atoms with E-state index in [1.165, 1.54) is 48.5 Å². The number of piperidine rings is 1. The van der Waals surface area contributed by atoms with E-state index in [4.69, 9.17) is 0 Å². The Morgan fingerprint density at radius 1 is 0.939 bits per heavy atom. The van der Waals surface area contributed by atoms with Crippen molar-refractivity contribution >= 4 is 21.6 Å². The van der Waals surface area contributed by atoms with Crippen LogP contribution in [0.3, 0.4) is 0 Å². The minimum absolute atomic E-state index is 0.0688. The van der Waals surface area contributed by atoms with E-state index in [1.54, 1.807) is 27.7 Å². The lowest BCUT2D eigenvalue weighted by molar-refractivity contribution is 0.0595. The fraction of sp³-hybridized carbons (Fsp3) is 0.250. The van der Waals surface area contributed by atoms with Gasteiger partial charge in [-0.2, -0.15) is 0 Å². The van der Waals surface area contributed by atoms with E-state index >= 15 is 0 Å². The minimum Gasteiger partial charge on any atom is -0.338 e. The molecule has 9 heteroatoms. The van der Waals surface area contributed by atoms with Crippen molar-refractivity contribution in [2.45, 2.75) is 23.8 Å². The number of likely N-dealkylation sites (tertiary alicyclic amines) is 1. The molecule has 0 spiro atoms. The van der Waals surface area contributed by atoms with Crippen molar-refractivity contribution in [1.29, 1.82) is 0 Å². The highest BCUT2D eigenvalue weighted by atomic mass is 32.2. The van der Waals surface area contributed by atoms with Crippen LogP contribution in [0.2, 0.25) is 0 Å². The summed E-state index contributed by atoms with van der Waals surface area (Å²) in [7, 11) is -3.85. The Morgan fingerprint density at radius 2 is 1.67 bits per heavy atom. The van der Waals surface area contributed by atoms with Crippen molar-refractivity contribution in [3.63, 3.8) is 0 Å². The van der Waals surface area contributed by atoms with Crippen molar-refractivity contribution in [3.05, 3.63) is 94.2 Å². The molecule has 0 unspecified atom stereocenters. The fourth-order valence-corrected chi connectivity index (χ4v) is 5.94. The minimum atomic E-state index is -3.85. The molecule has 5 rings (SSSR count). The van der Waals surface area contributed by atoms with Gasteiger partial charge in [-0.15, -0.1) is 0 Å². The van der Waals surface area contributed by atoms with Crippen LogP contribution < -0.4 is 10.3 Å². The predicted molar refractivity (Wildman–Crippen MR) is 121 cm³/mol. The molecule has 1 N–H and O–H groups in total. The number of carbonyl (C=O) groups excluding carboxylic acids is 1. The number of benzene rings is 2. The second-order valence-corrected chi connectivity index (χ2v) is 10.2. The number of halogens is 1. The second kappa shape index (κ2) is 8.15. The Labute approximate surface area is 190 Å². The molecular weight excluding hydrogens is 445 g/mol. The summed E-state index contributed by atoms with van der Waals surface area (Å²) in [6.45, 7) is 1.23. The molecule has 2 aromatic carbocycles. The number of fused-ring (bicyclic) bond motifs is 4. The fourth-order valence-electron chi connectivity index (χ4n) is 4.85. The Morgan fingerprint density at radius 3 is 2.39 bits per heavy atom. The lowest BCUT2D eigenvalue weighted by Gasteiger charge is -2.43. The molecule has 2 bridgehead atoms. The van der Waals surface area contributed by atoms with Crippen LogP contribution in [-0.4, -0.2) is 36.9 Å². The van der Waals surface area contributed by atoms with Crippen LogP contribution in [0.25, 0.3) is 0 Å². The van der Waals surface area contributed by atoms with Gasteiger partial charge in [-0.25, -0.2) is 12.8 Å². The third-order valence-corrected chi connectivity index (χ3v) is 7.65. The van der Waals surface area contributed by atoms with E-state index in [1.807, 2.05) is 0 Å². The Kier molecular flexibility index (Phi) is 5.28. The van der Waals surface area contributed by atoms with Crippen molar-refractivity contribution in [3.8, 4) is 0 Å². The first-order chi connectivity index (χ1) is 15.8. The summed E-state index contributed by atoms with van der Waals surface area (Å²) < 4.78 is 43.4. The largest absolute Gasteiger partial charge is 0.338 e. The maximum absolute atomic E-state index is 13.3. The summed E-state index contributed by atoms with van der Waals surface area (Å²) in [5.41, 5.74) is 1.14. The van der Waals surface area contributed by atoms with E-state index in [0.717, 1.165) is 6.42 Å². The Bertz CT molecular complexity index is 1370. The van der Waals surface area contributed by atoms with E-state index in [9.17, 15) is 22.4 Å². The molecule has 1 saturated heterocycles. The van der Waals surface area contributed by atoms with E-state index in [-0.39, 0.29) is 28.2 Å². The molecular formula is C24H22FN3O4S. The monoisotopic (exact) mass is 467 g/mol. The molecule has 7 nitrogen and oxygen atoms in total. The van der Waals surface area contributed by atoms with Crippen molar-refractivity contribution in [2.24, 2.45) is 5.92 Å². The van der Waals surface area contributed by atoms with Crippen LogP contribution in [0, 0.1) is 11.7 Å². The van der Waals surface area contributed by atoms with Gasteiger partial charge in [-0.3, -0.25) is 14.3 Å². The second-order valence-electron chi connectivity index (χ2n) is 8.52. The zero-order valence-corrected chi connectivity index (χ0v) is 18.5. The highest BCUT2D eigenvalue weighted by molar-refractivity contribution is 7.92. The Hall–Kier alpha value is -3.46. The molecule has 1 fully saturated rings. The quantitative estimate of drug-likeness (QED) is 0.639. The first kappa shape index (κ1) is 21.4. The number of nitrogens with one attached hydrogen (secondary N) is 1. The first-order valence-electron chi connectivity index (χ1n) is 10.7. The van der Waals surface area contributed by atoms with E-state index < -0.39 is 15.8 Å². The van der Waals surface area contributed by atoms with Crippen molar-refractivity contribution < 1.29 is 17.6 Å². The zero-order valence-electron chi connectivity index (χ0n) is 17.6. The SMILES string of the molecule is O=C(c1ccc(F)cc1)N1C[C@@H]2C[C@@H](C1)c1c(NS(=O)(=O)c3ccccc3)ccc(=O)n1C2. The van der Waals surface area contributed by atoms with Crippen LogP contribution in [0.4, 0.5) is 10.1 Å². The van der Waals surface area contributed by atoms with E-state index in [0.29, 0.717) is 36.6 Å². The third-order valence-electron chi connectivity index (χ3n) is 6.27. The topological polar surface area (TPSA) is 88.5 Å². The Balaban J connectivity index is 1.48. The lowest BCUT2D eigenvalue weighted by Crippen LogP contribution is -2.49. The average molecular weight is 468 g/mol. The lowest BCUT2D eigenvalue weighted by atomic mass is 9.82. The maximum Gasteiger partial charge on any atom is 0.261 e. The molecule has 1 aromatic heterocycles. The van der Waals surface area contributed by atoms with Gasteiger partial charge in [0.25, 0.3) is 21.5 Å². The number of anilines is 1. The number of amides is 1. The normalized spacial score (nSPS) is 19.6. The summed E-state index contributed by atoms with van der Waals surface area (Å²) in [4.78, 5) is 27.5. The first-order valence-corrected chi connectivity index (χ1v) is 12.2. The molecule has 2 aliphatic heterocycles. The van der Waals surface area contributed by atoms with Gasteiger partial charge in [0.05, 0.1) is 16.3 Å². The molecule has 0 saturated carbocycles. The molecule has 170 valence electrons. The highest BCUT2D eigenvalue weighted by Crippen LogP contribution is 2.39. The van der Waals surface area contributed by atoms with Gasteiger partial charge < -0.3 is 9.47 Å². The molecule has 1 amide bonds. The van der Waals surface area contributed by atoms with Crippen LogP contribution in [-0.2, 0) is 16.6 Å².